The van der Waals surface area contributed by atoms with Crippen molar-refractivity contribution in [1.29, 1.82) is 5.26 Å². The largest absolute Gasteiger partial charge is 0.269 e. The molecule has 4 nitrogen and oxygen atoms in total. The summed E-state index contributed by atoms with van der Waals surface area (Å²) in [6.45, 7) is 0. The Morgan fingerprint density at radius 2 is 1.26 bits per heavy atom. The maximum atomic E-state index is 10.5. The van der Waals surface area contributed by atoms with Crippen LogP contribution >= 0.6 is 0 Å². The highest BCUT2D eigenvalue weighted by atomic mass is 16.6. The molecule has 0 saturated carbocycles. The number of hydrogen-bond donors (Lipinski definition) is 0. The normalized spacial score (nSPS) is 9.00. The van der Waals surface area contributed by atoms with Gasteiger partial charge in [0.05, 0.1) is 16.6 Å². The van der Waals surface area contributed by atoms with Gasteiger partial charge in [0.15, 0.2) is 0 Å². The molecule has 90 valence electrons. The summed E-state index contributed by atoms with van der Waals surface area (Å²) in [4.78, 5) is 10.0. The molecule has 0 radical (unpaired) electrons. The van der Waals surface area contributed by atoms with Crippen molar-refractivity contribution in [3.63, 3.8) is 0 Å². The summed E-state index contributed by atoms with van der Waals surface area (Å²) >= 11 is 0. The Kier molecular flexibility index (Phi) is 3.56. The molecule has 0 bridgehead atoms. The molecule has 0 amide bonds. The van der Waals surface area contributed by atoms with Crippen molar-refractivity contribution in [2.24, 2.45) is 0 Å². The zero-order valence-electron chi connectivity index (χ0n) is 9.83. The first-order valence-electron chi connectivity index (χ1n) is 5.46. The fraction of sp³-hybridized carbons (Fsp3) is 0. The minimum absolute atomic E-state index is 0.0453. The highest BCUT2D eigenvalue weighted by Gasteiger charge is 2.02. The van der Waals surface area contributed by atoms with E-state index in [4.69, 9.17) is 5.26 Å². The Morgan fingerprint density at radius 3 is 1.68 bits per heavy atom. The molecule has 0 N–H and O–H groups in total. The number of nitrogens with zero attached hydrogens (tertiary/aromatic N) is 2. The van der Waals surface area contributed by atoms with Crippen molar-refractivity contribution in [2.75, 3.05) is 0 Å². The zero-order valence-corrected chi connectivity index (χ0v) is 9.83. The van der Waals surface area contributed by atoms with Crippen LogP contribution in [-0.4, -0.2) is 4.92 Å². The molecule has 0 heterocycles. The SMILES string of the molecule is N#Cc1ccc(C#Cc2ccc([N+](=O)[O-])cc2)cc1. The molecule has 0 aliphatic rings. The van der Waals surface area contributed by atoms with E-state index < -0.39 is 4.92 Å². The van der Waals surface area contributed by atoms with Crippen LogP contribution in [0.4, 0.5) is 5.69 Å². The lowest BCUT2D eigenvalue weighted by Gasteiger charge is -1.92. The van der Waals surface area contributed by atoms with Crippen LogP contribution in [-0.2, 0) is 0 Å². The van der Waals surface area contributed by atoms with Gasteiger partial charge in [-0.15, -0.1) is 0 Å². The number of nitriles is 1. The van der Waals surface area contributed by atoms with Crippen LogP contribution in [0.2, 0.25) is 0 Å². The lowest BCUT2D eigenvalue weighted by molar-refractivity contribution is -0.384. The van der Waals surface area contributed by atoms with Gasteiger partial charge in [0, 0.05) is 23.3 Å². The maximum Gasteiger partial charge on any atom is 0.269 e. The number of hydrogen-bond acceptors (Lipinski definition) is 3. The van der Waals surface area contributed by atoms with Crippen LogP contribution in [0.15, 0.2) is 48.5 Å². The van der Waals surface area contributed by atoms with E-state index in [1.165, 1.54) is 12.1 Å². The van der Waals surface area contributed by atoms with Crippen LogP contribution in [0.25, 0.3) is 0 Å². The van der Waals surface area contributed by atoms with Gasteiger partial charge in [0.1, 0.15) is 0 Å². The molecule has 2 aromatic rings. The predicted molar refractivity (Wildman–Crippen MR) is 70.2 cm³/mol. The van der Waals surface area contributed by atoms with Crippen LogP contribution in [0.5, 0.6) is 0 Å². The van der Waals surface area contributed by atoms with E-state index in [2.05, 4.69) is 11.8 Å². The Labute approximate surface area is 110 Å². The Hall–Kier alpha value is -3.11. The Morgan fingerprint density at radius 1 is 0.842 bits per heavy atom. The Bertz CT molecular complexity index is 699. The average molecular weight is 248 g/mol. The molecule has 0 unspecified atom stereocenters. The zero-order chi connectivity index (χ0) is 13.7. The van der Waals surface area contributed by atoms with Crippen molar-refractivity contribution >= 4 is 5.69 Å². The van der Waals surface area contributed by atoms with Gasteiger partial charge in [0.25, 0.3) is 5.69 Å². The second-order valence-electron chi connectivity index (χ2n) is 3.74. The number of non-ortho nitro benzene ring substituents is 1. The first-order chi connectivity index (χ1) is 9.19. The summed E-state index contributed by atoms with van der Waals surface area (Å²) in [5.41, 5.74) is 2.12. The van der Waals surface area contributed by atoms with Crippen molar-refractivity contribution in [3.05, 3.63) is 75.3 Å². The van der Waals surface area contributed by atoms with Gasteiger partial charge in [0.2, 0.25) is 0 Å². The molecule has 0 aliphatic heterocycles. The third kappa shape index (κ3) is 3.18. The Balaban J connectivity index is 2.19. The van der Waals surface area contributed by atoms with E-state index in [0.717, 1.165) is 5.56 Å². The van der Waals surface area contributed by atoms with Crippen molar-refractivity contribution in [3.8, 4) is 17.9 Å². The molecule has 4 heteroatoms. The van der Waals surface area contributed by atoms with Gasteiger partial charge < -0.3 is 0 Å². The van der Waals surface area contributed by atoms with E-state index in [0.29, 0.717) is 11.1 Å². The van der Waals surface area contributed by atoms with Crippen molar-refractivity contribution < 1.29 is 4.92 Å². The highest BCUT2D eigenvalue weighted by Crippen LogP contribution is 2.11. The molecule has 0 fully saturated rings. The number of rotatable bonds is 1. The fourth-order valence-corrected chi connectivity index (χ4v) is 1.44. The van der Waals surface area contributed by atoms with E-state index >= 15 is 0 Å². The van der Waals surface area contributed by atoms with Crippen LogP contribution in [0.3, 0.4) is 0 Å². The number of benzene rings is 2. The third-order valence-electron chi connectivity index (χ3n) is 2.44. The first-order valence-corrected chi connectivity index (χ1v) is 5.46. The van der Waals surface area contributed by atoms with Gasteiger partial charge in [-0.1, -0.05) is 11.8 Å². The fourth-order valence-electron chi connectivity index (χ4n) is 1.44. The molecular formula is C15H8N2O2. The van der Waals surface area contributed by atoms with Crippen molar-refractivity contribution in [1.82, 2.24) is 0 Å². The van der Waals surface area contributed by atoms with E-state index in [9.17, 15) is 10.1 Å². The molecule has 2 rings (SSSR count). The van der Waals surface area contributed by atoms with Gasteiger partial charge in [-0.05, 0) is 36.4 Å². The summed E-state index contributed by atoms with van der Waals surface area (Å²) in [5.74, 6) is 5.84. The molecule has 2 aromatic carbocycles. The highest BCUT2D eigenvalue weighted by molar-refractivity contribution is 5.46. The van der Waals surface area contributed by atoms with E-state index in [1.807, 2.05) is 6.07 Å². The second kappa shape index (κ2) is 5.48. The molecule has 0 saturated heterocycles. The van der Waals surface area contributed by atoms with Crippen LogP contribution in [0.1, 0.15) is 16.7 Å². The summed E-state index contributed by atoms with van der Waals surface area (Å²) in [7, 11) is 0. The van der Waals surface area contributed by atoms with Crippen LogP contribution < -0.4 is 0 Å². The van der Waals surface area contributed by atoms with E-state index in [1.54, 1.807) is 36.4 Å². The summed E-state index contributed by atoms with van der Waals surface area (Å²) < 4.78 is 0. The first kappa shape index (κ1) is 12.3. The lowest BCUT2D eigenvalue weighted by atomic mass is 10.1. The van der Waals surface area contributed by atoms with Crippen LogP contribution in [0, 0.1) is 33.3 Å². The van der Waals surface area contributed by atoms with Gasteiger partial charge in [-0.2, -0.15) is 5.26 Å². The summed E-state index contributed by atoms with van der Waals surface area (Å²) in [6, 6.07) is 15.0. The lowest BCUT2D eigenvalue weighted by Crippen LogP contribution is -1.86. The smallest absolute Gasteiger partial charge is 0.258 e. The minimum Gasteiger partial charge on any atom is -0.258 e. The maximum absolute atomic E-state index is 10.5. The summed E-state index contributed by atoms with van der Waals surface area (Å²) in [6.07, 6.45) is 0. The number of nitro groups is 1. The second-order valence-corrected chi connectivity index (χ2v) is 3.74. The molecular weight excluding hydrogens is 240 g/mol. The van der Waals surface area contributed by atoms with Gasteiger partial charge in [-0.3, -0.25) is 10.1 Å². The quantitative estimate of drug-likeness (QED) is 0.442. The molecule has 0 aromatic heterocycles. The summed E-state index contributed by atoms with van der Waals surface area (Å²) in [5, 5.41) is 19.2. The minimum atomic E-state index is -0.447. The monoisotopic (exact) mass is 248 g/mol. The van der Waals surface area contributed by atoms with E-state index in [-0.39, 0.29) is 5.69 Å². The molecule has 0 atom stereocenters. The standard InChI is InChI=1S/C15H8N2O2/c16-11-14-5-3-12(4-6-14)1-2-13-7-9-15(10-8-13)17(18)19/h3-10H. The third-order valence-corrected chi connectivity index (χ3v) is 2.44. The topological polar surface area (TPSA) is 66.9 Å². The average Bonchev–Trinajstić information content (AvgIpc) is 2.46. The molecule has 0 spiro atoms. The van der Waals surface area contributed by atoms with Crippen molar-refractivity contribution in [2.45, 2.75) is 0 Å². The van der Waals surface area contributed by atoms with Gasteiger partial charge >= 0.3 is 0 Å². The van der Waals surface area contributed by atoms with Gasteiger partial charge in [-0.25, -0.2) is 0 Å². The number of nitro benzene ring substituents is 1. The predicted octanol–water partition coefficient (Wildman–Crippen LogP) is 2.87. The molecule has 0 aliphatic carbocycles. The molecule has 19 heavy (non-hydrogen) atoms.